The van der Waals surface area contributed by atoms with Crippen LogP contribution in [-0.4, -0.2) is 28.8 Å². The first-order chi connectivity index (χ1) is 15.0. The zero-order valence-electron chi connectivity index (χ0n) is 16.7. The monoisotopic (exact) mass is 417 g/mol. The quantitative estimate of drug-likeness (QED) is 0.433. The molecule has 2 saturated carbocycles. The molecule has 0 radical (unpaired) electrons. The van der Waals surface area contributed by atoms with E-state index < -0.39 is 16.8 Å². The molecule has 2 amide bonds. The first-order valence-corrected chi connectivity index (χ1v) is 10.4. The third-order valence-electron chi connectivity index (χ3n) is 7.27. The number of carbonyl (C=O) groups excluding carboxylic acids is 2. The maximum Gasteiger partial charge on any atom is 0.294 e. The Balaban J connectivity index is 1.36. The van der Waals surface area contributed by atoms with Crippen LogP contribution in [0.5, 0.6) is 0 Å². The highest BCUT2D eigenvalue weighted by molar-refractivity contribution is 6.22. The van der Waals surface area contributed by atoms with Crippen LogP contribution >= 0.6 is 0 Å². The van der Waals surface area contributed by atoms with Crippen molar-refractivity contribution in [1.29, 1.82) is 0 Å². The van der Waals surface area contributed by atoms with Crippen molar-refractivity contribution < 1.29 is 14.5 Å². The average molecular weight is 417 g/mol. The predicted octanol–water partition coefficient (Wildman–Crippen LogP) is 3.28. The number of nitro groups is 1. The fraction of sp³-hybridized carbons (Fsp3) is 0.364. The van der Waals surface area contributed by atoms with E-state index in [1.807, 2.05) is 19.1 Å². The Morgan fingerprint density at radius 2 is 1.68 bits per heavy atom. The lowest BCUT2D eigenvalue weighted by Gasteiger charge is -2.33. The molecule has 2 aliphatic heterocycles. The van der Waals surface area contributed by atoms with Gasteiger partial charge in [0.1, 0.15) is 5.69 Å². The second kappa shape index (κ2) is 6.19. The molecule has 0 aromatic heterocycles. The molecule has 0 N–H and O–H groups in total. The molecule has 0 unspecified atom stereocenters. The molecule has 2 aliphatic carbocycles. The van der Waals surface area contributed by atoms with Crippen LogP contribution in [0.1, 0.15) is 12.0 Å². The fourth-order valence-corrected chi connectivity index (χ4v) is 6.05. The Morgan fingerprint density at radius 3 is 2.39 bits per heavy atom. The van der Waals surface area contributed by atoms with Gasteiger partial charge in [-0.25, -0.2) is 5.01 Å². The van der Waals surface area contributed by atoms with Crippen molar-refractivity contribution in [1.82, 2.24) is 0 Å². The highest BCUT2D eigenvalue weighted by Gasteiger charge is 2.70. The summed E-state index contributed by atoms with van der Waals surface area (Å²) < 4.78 is 0. The lowest BCUT2D eigenvalue weighted by molar-refractivity contribution is -0.384. The zero-order chi connectivity index (χ0) is 21.4. The summed E-state index contributed by atoms with van der Waals surface area (Å²) in [6.07, 6.45) is 0.708. The molecule has 6 atom stereocenters. The van der Waals surface area contributed by atoms with Crippen molar-refractivity contribution in [2.45, 2.75) is 25.4 Å². The van der Waals surface area contributed by atoms with Crippen molar-refractivity contribution in [2.24, 2.45) is 34.0 Å². The van der Waals surface area contributed by atoms with Crippen LogP contribution in [0.4, 0.5) is 17.1 Å². The minimum absolute atomic E-state index is 0.0449. The number of fused-ring (bicyclic) bond motifs is 8. The minimum atomic E-state index is -0.436. The summed E-state index contributed by atoms with van der Waals surface area (Å²) in [6, 6.07) is 13.3. The molecule has 2 heterocycles. The summed E-state index contributed by atoms with van der Waals surface area (Å²) in [4.78, 5) is 39.1. The lowest BCUT2D eigenvalue weighted by atomic mass is 9.76. The number of rotatable bonds is 3. The molecule has 9 nitrogen and oxygen atoms in total. The second-order valence-corrected chi connectivity index (χ2v) is 8.74. The van der Waals surface area contributed by atoms with Gasteiger partial charge in [0, 0.05) is 6.07 Å². The van der Waals surface area contributed by atoms with Crippen LogP contribution < -0.4 is 9.91 Å². The number of aryl methyl sites for hydroxylation is 1. The first kappa shape index (κ1) is 18.2. The molecule has 2 aromatic rings. The van der Waals surface area contributed by atoms with Gasteiger partial charge in [0.2, 0.25) is 11.8 Å². The molecule has 2 bridgehead atoms. The molecule has 1 saturated heterocycles. The molecule has 31 heavy (non-hydrogen) atoms. The molecule has 6 rings (SSSR count). The average Bonchev–Trinajstić information content (AvgIpc) is 3.49. The topological polar surface area (TPSA) is 108 Å². The number of hydrogen-bond donors (Lipinski definition) is 0. The van der Waals surface area contributed by atoms with Gasteiger partial charge in [-0.1, -0.05) is 35.1 Å². The summed E-state index contributed by atoms with van der Waals surface area (Å²) in [6.45, 7) is 1.95. The largest absolute Gasteiger partial charge is 0.294 e. The Morgan fingerprint density at radius 1 is 1.00 bits per heavy atom. The van der Waals surface area contributed by atoms with Crippen LogP contribution in [0.15, 0.2) is 58.9 Å². The van der Waals surface area contributed by atoms with E-state index in [2.05, 4.69) is 10.3 Å². The van der Waals surface area contributed by atoms with E-state index in [9.17, 15) is 19.7 Å². The Labute approximate surface area is 177 Å². The highest BCUT2D eigenvalue weighted by atomic mass is 16.6. The van der Waals surface area contributed by atoms with Gasteiger partial charge in [0.05, 0.1) is 34.5 Å². The van der Waals surface area contributed by atoms with E-state index in [1.165, 1.54) is 11.0 Å². The highest BCUT2D eigenvalue weighted by Crippen LogP contribution is 2.61. The van der Waals surface area contributed by atoms with Crippen LogP contribution in [0.3, 0.4) is 0 Å². The van der Waals surface area contributed by atoms with Gasteiger partial charge in [0.25, 0.3) is 5.69 Å². The second-order valence-electron chi connectivity index (χ2n) is 8.74. The minimum Gasteiger partial charge on any atom is -0.274 e. The zero-order valence-corrected chi connectivity index (χ0v) is 16.7. The molecule has 3 fully saturated rings. The third kappa shape index (κ3) is 2.31. The molecule has 0 spiro atoms. The van der Waals surface area contributed by atoms with E-state index in [1.54, 1.807) is 35.3 Å². The summed E-state index contributed by atoms with van der Waals surface area (Å²) in [5, 5.41) is 21.8. The third-order valence-corrected chi connectivity index (χ3v) is 7.27. The van der Waals surface area contributed by atoms with E-state index in [0.29, 0.717) is 17.8 Å². The van der Waals surface area contributed by atoms with Gasteiger partial charge in [-0.05, 0) is 43.4 Å². The van der Waals surface area contributed by atoms with Gasteiger partial charge in [-0.15, -0.1) is 0 Å². The number of nitro benzene ring substituents is 1. The molecule has 156 valence electrons. The van der Waals surface area contributed by atoms with Crippen molar-refractivity contribution in [3.63, 3.8) is 0 Å². The van der Waals surface area contributed by atoms with Crippen molar-refractivity contribution in [3.05, 3.63) is 64.2 Å². The lowest BCUT2D eigenvalue weighted by Crippen LogP contribution is -2.47. The summed E-state index contributed by atoms with van der Waals surface area (Å²) in [5.41, 5.74) is 1.98. The van der Waals surface area contributed by atoms with Crippen LogP contribution in [0.2, 0.25) is 0 Å². The molecule has 2 aromatic carbocycles. The Kier molecular flexibility index (Phi) is 3.63. The Hall–Kier alpha value is -3.62. The van der Waals surface area contributed by atoms with E-state index in [-0.39, 0.29) is 41.4 Å². The van der Waals surface area contributed by atoms with Gasteiger partial charge >= 0.3 is 0 Å². The maximum absolute atomic E-state index is 13.4. The van der Waals surface area contributed by atoms with Crippen molar-refractivity contribution in [2.75, 3.05) is 9.91 Å². The Bertz CT molecular complexity index is 1160. The number of anilines is 2. The van der Waals surface area contributed by atoms with E-state index in [4.69, 9.17) is 0 Å². The number of benzene rings is 2. The first-order valence-electron chi connectivity index (χ1n) is 10.4. The number of carbonyl (C=O) groups is 2. The van der Waals surface area contributed by atoms with Gasteiger partial charge in [-0.3, -0.25) is 24.6 Å². The smallest absolute Gasteiger partial charge is 0.274 e. The number of nitrogens with zero attached hydrogens (tertiary/aromatic N) is 5. The number of amides is 2. The van der Waals surface area contributed by atoms with Gasteiger partial charge < -0.3 is 0 Å². The van der Waals surface area contributed by atoms with E-state index in [0.717, 1.165) is 5.56 Å². The van der Waals surface area contributed by atoms with Crippen molar-refractivity contribution in [3.8, 4) is 0 Å². The normalized spacial score (nSPS) is 32.7. The fourth-order valence-electron chi connectivity index (χ4n) is 6.05. The number of para-hydroxylation sites is 2. The van der Waals surface area contributed by atoms with Crippen molar-refractivity contribution >= 4 is 28.9 Å². The summed E-state index contributed by atoms with van der Waals surface area (Å²) in [7, 11) is 0. The maximum atomic E-state index is 13.4. The number of imide groups is 1. The number of hydrogen-bond acceptors (Lipinski definition) is 7. The molecule has 4 aliphatic rings. The SMILES string of the molecule is Cc1ccc(N2C(=O)[C@H]3[C@@H]4C[C@H]([C@@H]3C2=O)[C@@H]2[C@@H]4N=NN2c2ccccc2[N+](=O)[O-])cc1. The standard InChI is InChI=1S/C22H19N5O4/c1-11-6-8-12(9-7-11)25-21(28)17-13-10-14(18(17)22(25)29)20-19(13)23-24-26(20)15-4-2-3-5-16(15)27(30)31/h2-9,13-14,17-20H,10H2,1H3/t13-,14+,17-,18-,19+,20+/m0/s1. The van der Waals surface area contributed by atoms with Crippen LogP contribution in [-0.2, 0) is 9.59 Å². The predicted molar refractivity (Wildman–Crippen MR) is 110 cm³/mol. The van der Waals surface area contributed by atoms with E-state index >= 15 is 0 Å². The van der Waals surface area contributed by atoms with Gasteiger partial charge in [0.15, 0.2) is 0 Å². The molecule has 9 heteroatoms. The molecular formula is C22H19N5O4. The summed E-state index contributed by atoms with van der Waals surface area (Å²) >= 11 is 0. The van der Waals surface area contributed by atoms with Gasteiger partial charge in [-0.2, -0.15) is 5.11 Å². The van der Waals surface area contributed by atoms with Crippen LogP contribution in [0, 0.1) is 40.7 Å². The molecular weight excluding hydrogens is 398 g/mol. The summed E-state index contributed by atoms with van der Waals surface area (Å²) in [5.74, 6) is -1.38. The van der Waals surface area contributed by atoms with Crippen LogP contribution in [0.25, 0.3) is 0 Å².